The van der Waals surface area contributed by atoms with E-state index in [0.29, 0.717) is 37.4 Å². The maximum Gasteiger partial charge on any atom is 0.257 e. The molecule has 0 aromatic heterocycles. The van der Waals surface area contributed by atoms with Gasteiger partial charge in [0.25, 0.3) is 5.91 Å². The second kappa shape index (κ2) is 10.9. The lowest BCUT2D eigenvalue weighted by molar-refractivity contribution is -0.123. The number of likely N-dealkylation sites (N-methyl/N-ethyl adjacent to an activating group) is 1. The van der Waals surface area contributed by atoms with Crippen molar-refractivity contribution in [1.82, 2.24) is 5.32 Å². The molecule has 6 nitrogen and oxygen atoms in total. The van der Waals surface area contributed by atoms with Gasteiger partial charge in [-0.05, 0) is 56.7 Å². The van der Waals surface area contributed by atoms with Gasteiger partial charge in [-0.1, -0.05) is 17.7 Å². The van der Waals surface area contributed by atoms with Crippen LogP contribution in [0, 0.1) is 6.92 Å². The Morgan fingerprint density at radius 2 is 1.52 bits per heavy atom. The summed E-state index contributed by atoms with van der Waals surface area (Å²) in [7, 11) is 0. The molecule has 2 N–H and O–H groups in total. The fraction of sp³-hybridized carbons (Fsp3) is 0.333. The van der Waals surface area contributed by atoms with Gasteiger partial charge in [0.05, 0.1) is 6.61 Å². The monoisotopic (exact) mass is 370 g/mol. The van der Waals surface area contributed by atoms with Crippen LogP contribution in [0.15, 0.2) is 48.5 Å². The largest absolute Gasteiger partial charge is 0.494 e. The summed E-state index contributed by atoms with van der Waals surface area (Å²) in [4.78, 5) is 23.3. The molecule has 2 rings (SSSR count). The highest BCUT2D eigenvalue weighted by Gasteiger charge is 2.04. The van der Waals surface area contributed by atoms with Crippen LogP contribution in [0.2, 0.25) is 0 Å². The first kappa shape index (κ1) is 20.3. The molecule has 144 valence electrons. The Balaban J connectivity index is 1.66. The van der Waals surface area contributed by atoms with Gasteiger partial charge in [0.15, 0.2) is 6.61 Å². The zero-order valence-corrected chi connectivity index (χ0v) is 15.8. The van der Waals surface area contributed by atoms with Crippen molar-refractivity contribution in [3.8, 4) is 11.5 Å². The van der Waals surface area contributed by atoms with E-state index in [9.17, 15) is 9.59 Å². The van der Waals surface area contributed by atoms with E-state index in [4.69, 9.17) is 9.47 Å². The second-order valence-corrected chi connectivity index (χ2v) is 6.08. The molecule has 6 heteroatoms. The third-order valence-corrected chi connectivity index (χ3v) is 3.72. The van der Waals surface area contributed by atoms with Crippen LogP contribution in [-0.2, 0) is 9.59 Å². The van der Waals surface area contributed by atoms with Crippen LogP contribution in [0.25, 0.3) is 0 Å². The van der Waals surface area contributed by atoms with E-state index in [0.717, 1.165) is 5.75 Å². The smallest absolute Gasteiger partial charge is 0.257 e. The standard InChI is InChI=1S/C21H26N2O4/c1-3-22-21(25)15-27-19-12-8-17(9-13-19)23-20(24)5-4-14-26-18-10-6-16(2)7-11-18/h6-13H,3-5,14-15H2,1-2H3,(H,22,25)(H,23,24). The van der Waals surface area contributed by atoms with E-state index < -0.39 is 0 Å². The van der Waals surface area contributed by atoms with Crippen LogP contribution in [0.4, 0.5) is 5.69 Å². The van der Waals surface area contributed by atoms with E-state index in [1.54, 1.807) is 24.3 Å². The molecule has 0 saturated carbocycles. The van der Waals surface area contributed by atoms with Gasteiger partial charge in [-0.2, -0.15) is 0 Å². The van der Waals surface area contributed by atoms with Gasteiger partial charge in [-0.25, -0.2) is 0 Å². The zero-order valence-electron chi connectivity index (χ0n) is 15.8. The number of hydrogen-bond acceptors (Lipinski definition) is 4. The average Bonchev–Trinajstić information content (AvgIpc) is 2.66. The van der Waals surface area contributed by atoms with Crippen molar-refractivity contribution in [2.45, 2.75) is 26.7 Å². The molecule has 0 aliphatic heterocycles. The third-order valence-electron chi connectivity index (χ3n) is 3.72. The molecule has 2 aromatic rings. The maximum absolute atomic E-state index is 12.0. The molecule has 2 amide bonds. The number of anilines is 1. The third kappa shape index (κ3) is 7.81. The predicted molar refractivity (Wildman–Crippen MR) is 105 cm³/mol. The molecule has 2 aromatic carbocycles. The summed E-state index contributed by atoms with van der Waals surface area (Å²) in [5.41, 5.74) is 1.87. The number of carbonyl (C=O) groups is 2. The molecule has 0 saturated heterocycles. The molecular weight excluding hydrogens is 344 g/mol. The van der Waals surface area contributed by atoms with Gasteiger partial charge >= 0.3 is 0 Å². The van der Waals surface area contributed by atoms with Crippen molar-refractivity contribution >= 4 is 17.5 Å². The molecule has 0 unspecified atom stereocenters. The molecule has 0 aliphatic carbocycles. The van der Waals surface area contributed by atoms with Gasteiger partial charge in [0.2, 0.25) is 5.91 Å². The van der Waals surface area contributed by atoms with Crippen molar-refractivity contribution in [2.24, 2.45) is 0 Å². The van der Waals surface area contributed by atoms with Crippen LogP contribution >= 0.6 is 0 Å². The van der Waals surface area contributed by atoms with Gasteiger partial charge in [-0.3, -0.25) is 9.59 Å². The van der Waals surface area contributed by atoms with Crippen molar-refractivity contribution in [3.63, 3.8) is 0 Å². The quantitative estimate of drug-likeness (QED) is 0.629. The topological polar surface area (TPSA) is 76.7 Å². The molecule has 0 bridgehead atoms. The highest BCUT2D eigenvalue weighted by molar-refractivity contribution is 5.90. The highest BCUT2D eigenvalue weighted by atomic mass is 16.5. The number of ether oxygens (including phenoxy) is 2. The molecule has 0 heterocycles. The van der Waals surface area contributed by atoms with Gasteiger partial charge in [-0.15, -0.1) is 0 Å². The summed E-state index contributed by atoms with van der Waals surface area (Å²) in [6, 6.07) is 14.7. The average molecular weight is 370 g/mol. The molecule has 0 fully saturated rings. The van der Waals surface area contributed by atoms with Crippen LogP contribution in [0.1, 0.15) is 25.3 Å². The van der Waals surface area contributed by atoms with Gasteiger partial charge in [0.1, 0.15) is 11.5 Å². The molecule has 27 heavy (non-hydrogen) atoms. The number of carbonyl (C=O) groups excluding carboxylic acids is 2. The zero-order chi connectivity index (χ0) is 19.5. The fourth-order valence-corrected chi connectivity index (χ4v) is 2.31. The summed E-state index contributed by atoms with van der Waals surface area (Å²) in [6.07, 6.45) is 1.01. The number of rotatable bonds is 10. The molecule has 0 radical (unpaired) electrons. The lowest BCUT2D eigenvalue weighted by Gasteiger charge is -2.09. The van der Waals surface area contributed by atoms with E-state index in [2.05, 4.69) is 10.6 Å². The van der Waals surface area contributed by atoms with E-state index in [1.165, 1.54) is 5.56 Å². The van der Waals surface area contributed by atoms with Crippen LogP contribution in [0.5, 0.6) is 11.5 Å². The minimum atomic E-state index is -0.164. The highest BCUT2D eigenvalue weighted by Crippen LogP contribution is 2.16. The number of amides is 2. The minimum Gasteiger partial charge on any atom is -0.494 e. The SMILES string of the molecule is CCNC(=O)COc1ccc(NC(=O)CCCOc2ccc(C)cc2)cc1. The van der Waals surface area contributed by atoms with E-state index >= 15 is 0 Å². The van der Waals surface area contributed by atoms with Crippen LogP contribution in [0.3, 0.4) is 0 Å². The van der Waals surface area contributed by atoms with E-state index in [1.807, 2.05) is 38.1 Å². The lowest BCUT2D eigenvalue weighted by Crippen LogP contribution is -2.28. The summed E-state index contributed by atoms with van der Waals surface area (Å²) < 4.78 is 11.0. The first-order valence-corrected chi connectivity index (χ1v) is 9.05. The Labute approximate surface area is 159 Å². The summed E-state index contributed by atoms with van der Waals surface area (Å²) in [5, 5.41) is 5.49. The summed E-state index contributed by atoms with van der Waals surface area (Å²) >= 11 is 0. The van der Waals surface area contributed by atoms with E-state index in [-0.39, 0.29) is 18.4 Å². The second-order valence-electron chi connectivity index (χ2n) is 6.08. The molecule has 0 atom stereocenters. The number of hydrogen-bond donors (Lipinski definition) is 2. The minimum absolute atomic E-state index is 0.0273. The summed E-state index contributed by atoms with van der Waals surface area (Å²) in [6.45, 7) is 4.91. The first-order chi connectivity index (χ1) is 13.1. The summed E-state index contributed by atoms with van der Waals surface area (Å²) in [5.74, 6) is 1.15. The predicted octanol–water partition coefficient (Wildman–Crippen LogP) is 3.31. The van der Waals surface area contributed by atoms with Gasteiger partial charge in [0, 0.05) is 18.7 Å². The Kier molecular flexibility index (Phi) is 8.16. The van der Waals surface area contributed by atoms with Crippen molar-refractivity contribution in [3.05, 3.63) is 54.1 Å². The lowest BCUT2D eigenvalue weighted by atomic mass is 10.2. The Morgan fingerprint density at radius 3 is 2.19 bits per heavy atom. The van der Waals surface area contributed by atoms with Crippen molar-refractivity contribution in [2.75, 3.05) is 25.1 Å². The number of nitrogens with one attached hydrogen (secondary N) is 2. The van der Waals surface area contributed by atoms with Crippen LogP contribution < -0.4 is 20.1 Å². The molecule has 0 spiro atoms. The molecular formula is C21H26N2O4. The fourth-order valence-electron chi connectivity index (χ4n) is 2.31. The first-order valence-electron chi connectivity index (χ1n) is 9.05. The Bertz CT molecular complexity index is 727. The number of benzene rings is 2. The molecule has 0 aliphatic rings. The number of aryl methyl sites for hydroxylation is 1. The van der Waals surface area contributed by atoms with Gasteiger partial charge < -0.3 is 20.1 Å². The van der Waals surface area contributed by atoms with Crippen LogP contribution in [-0.4, -0.2) is 31.6 Å². The van der Waals surface area contributed by atoms with Crippen molar-refractivity contribution in [1.29, 1.82) is 0 Å². The Morgan fingerprint density at radius 1 is 0.889 bits per heavy atom. The normalized spacial score (nSPS) is 10.1. The maximum atomic E-state index is 12.0. The van der Waals surface area contributed by atoms with Crippen molar-refractivity contribution < 1.29 is 19.1 Å². The Hall–Kier alpha value is -3.02.